The Morgan fingerprint density at radius 3 is 2.54 bits per heavy atom. The van der Waals surface area contributed by atoms with Gasteiger partial charge in [0.2, 0.25) is 0 Å². The Labute approximate surface area is 135 Å². The molecule has 2 aliphatic heterocycles. The van der Waals surface area contributed by atoms with E-state index in [4.69, 9.17) is 19.4 Å². The number of aliphatic hydroxyl groups excluding tert-OH is 2. The fourth-order valence-electron chi connectivity index (χ4n) is 2.09. The number of phosphoric ester groups is 1. The zero-order chi connectivity index (χ0) is 18.1. The topological polar surface area (TPSA) is 195 Å². The first-order valence-electron chi connectivity index (χ1n) is 6.49. The van der Waals surface area contributed by atoms with Crippen LogP contribution in [-0.2, 0) is 22.7 Å². The summed E-state index contributed by atoms with van der Waals surface area (Å²) in [5, 5.41) is 22.3. The van der Waals surface area contributed by atoms with Gasteiger partial charge in [-0.2, -0.15) is 4.31 Å². The third-order valence-corrected chi connectivity index (χ3v) is 5.25. The quantitative estimate of drug-likeness (QED) is 0.280. The molecule has 2 heterocycles. The summed E-state index contributed by atoms with van der Waals surface area (Å²) in [5.74, 6) is 0. The van der Waals surface area contributed by atoms with Gasteiger partial charge in [0.1, 0.15) is 18.3 Å². The molecule has 1 fully saturated rings. The van der Waals surface area contributed by atoms with Crippen molar-refractivity contribution in [1.82, 2.24) is 10.2 Å². The molecule has 5 atom stereocenters. The number of hydrogen-bond acceptors (Lipinski definition) is 8. The Morgan fingerprint density at radius 2 is 1.96 bits per heavy atom. The molecule has 1 saturated heterocycles. The summed E-state index contributed by atoms with van der Waals surface area (Å²) >= 11 is 0. The standard InChI is InChI=1S/C9H16N2O11P2/c12-6-5(4-20-24(18,19)22-23(15,16)17)21-8(7(6)13)11-3-1-2-10-9(11)14/h1,3,5-8,12-13H,2,4H2,(H,10,14)(H,18,19)(H2,15,16,17)/t5-,6+,7?,8-/m1/s1. The van der Waals surface area contributed by atoms with E-state index in [1.165, 1.54) is 6.20 Å². The molecule has 2 aliphatic rings. The molecular weight excluding hydrogens is 374 g/mol. The van der Waals surface area contributed by atoms with Crippen molar-refractivity contribution >= 4 is 21.7 Å². The minimum absolute atomic E-state index is 0.278. The van der Waals surface area contributed by atoms with Crippen LogP contribution in [0.4, 0.5) is 4.79 Å². The minimum atomic E-state index is -5.28. The molecule has 0 saturated carbocycles. The number of rotatable bonds is 6. The lowest BCUT2D eigenvalue weighted by molar-refractivity contribution is -0.0649. The van der Waals surface area contributed by atoms with Crippen LogP contribution in [0.25, 0.3) is 0 Å². The van der Waals surface area contributed by atoms with Gasteiger partial charge in [-0.3, -0.25) is 9.42 Å². The molecule has 0 spiro atoms. The van der Waals surface area contributed by atoms with Crippen molar-refractivity contribution in [2.24, 2.45) is 0 Å². The van der Waals surface area contributed by atoms with Crippen molar-refractivity contribution in [2.75, 3.05) is 13.2 Å². The molecule has 0 aliphatic carbocycles. The number of carbonyl (C=O) groups excluding carboxylic acids is 1. The molecule has 0 aromatic heterocycles. The van der Waals surface area contributed by atoms with Crippen molar-refractivity contribution in [3.63, 3.8) is 0 Å². The molecule has 0 bridgehead atoms. The van der Waals surface area contributed by atoms with Gasteiger partial charge < -0.3 is 34.9 Å². The van der Waals surface area contributed by atoms with E-state index in [0.717, 1.165) is 4.90 Å². The average Bonchev–Trinajstić information content (AvgIpc) is 2.71. The summed E-state index contributed by atoms with van der Waals surface area (Å²) in [6.07, 6.45) is -2.89. The van der Waals surface area contributed by atoms with Crippen molar-refractivity contribution in [3.8, 4) is 0 Å². The van der Waals surface area contributed by atoms with Gasteiger partial charge in [-0.1, -0.05) is 0 Å². The van der Waals surface area contributed by atoms with Crippen LogP contribution < -0.4 is 5.32 Å². The van der Waals surface area contributed by atoms with Crippen LogP contribution in [0.3, 0.4) is 0 Å². The summed E-state index contributed by atoms with van der Waals surface area (Å²) in [5.41, 5.74) is 0. The molecule has 0 aromatic carbocycles. The fourth-order valence-corrected chi connectivity index (χ4v) is 3.69. The van der Waals surface area contributed by atoms with Crippen LogP contribution in [-0.4, -0.2) is 73.5 Å². The second-order valence-electron chi connectivity index (χ2n) is 4.86. The van der Waals surface area contributed by atoms with E-state index in [-0.39, 0.29) is 6.54 Å². The van der Waals surface area contributed by atoms with Crippen molar-refractivity contribution < 1.29 is 52.4 Å². The maximum atomic E-state index is 11.7. The predicted octanol–water partition coefficient (Wildman–Crippen LogP) is -1.80. The van der Waals surface area contributed by atoms with E-state index in [2.05, 4.69) is 14.2 Å². The summed E-state index contributed by atoms with van der Waals surface area (Å²) in [6.45, 7) is -0.553. The SMILES string of the molecule is O=C1NCC=CN1[C@@H]1O[C@H](COP(=O)(O)OP(=O)(O)O)[C@H](O)C1O. The summed E-state index contributed by atoms with van der Waals surface area (Å²) in [6, 6.07) is -0.590. The number of nitrogens with one attached hydrogen (secondary N) is 1. The largest absolute Gasteiger partial charge is 0.481 e. The van der Waals surface area contributed by atoms with Crippen LogP contribution >= 0.6 is 15.6 Å². The van der Waals surface area contributed by atoms with E-state index in [1.807, 2.05) is 0 Å². The van der Waals surface area contributed by atoms with E-state index < -0.39 is 52.8 Å². The molecule has 15 heteroatoms. The Kier molecular flexibility index (Phi) is 5.83. The second-order valence-corrected chi connectivity index (χ2v) is 7.69. The van der Waals surface area contributed by atoms with Crippen molar-refractivity contribution in [2.45, 2.75) is 24.5 Å². The lowest BCUT2D eigenvalue weighted by Crippen LogP contribution is -2.50. The highest BCUT2D eigenvalue weighted by atomic mass is 31.3. The van der Waals surface area contributed by atoms with Crippen molar-refractivity contribution in [1.29, 1.82) is 0 Å². The molecule has 2 amide bonds. The molecule has 2 unspecified atom stereocenters. The molecule has 138 valence electrons. The number of phosphoric acid groups is 2. The highest BCUT2D eigenvalue weighted by Crippen LogP contribution is 2.57. The third kappa shape index (κ3) is 4.83. The van der Waals surface area contributed by atoms with Gasteiger partial charge >= 0.3 is 21.7 Å². The van der Waals surface area contributed by atoms with Gasteiger partial charge in [0.05, 0.1) is 6.61 Å². The average molecular weight is 390 g/mol. The van der Waals surface area contributed by atoms with E-state index in [0.29, 0.717) is 0 Å². The molecule has 2 rings (SSSR count). The summed E-state index contributed by atoms with van der Waals surface area (Å²) in [4.78, 5) is 38.8. The first-order valence-corrected chi connectivity index (χ1v) is 9.51. The number of aliphatic hydroxyl groups is 2. The predicted molar refractivity (Wildman–Crippen MR) is 74.0 cm³/mol. The Morgan fingerprint density at radius 1 is 1.29 bits per heavy atom. The summed E-state index contributed by atoms with van der Waals surface area (Å²) in [7, 11) is -10.4. The number of hydrogen-bond donors (Lipinski definition) is 6. The number of urea groups is 1. The zero-order valence-electron chi connectivity index (χ0n) is 11.9. The van der Waals surface area contributed by atoms with Gasteiger partial charge in [-0.25, -0.2) is 13.9 Å². The number of carbonyl (C=O) groups is 1. The lowest BCUT2D eigenvalue weighted by atomic mass is 10.1. The van der Waals surface area contributed by atoms with Gasteiger partial charge in [0.25, 0.3) is 0 Å². The van der Waals surface area contributed by atoms with Crippen LogP contribution in [0.1, 0.15) is 0 Å². The van der Waals surface area contributed by atoms with Gasteiger partial charge in [0.15, 0.2) is 6.23 Å². The fraction of sp³-hybridized carbons (Fsp3) is 0.667. The maximum absolute atomic E-state index is 11.7. The Balaban J connectivity index is 1.99. The van der Waals surface area contributed by atoms with Crippen molar-refractivity contribution in [3.05, 3.63) is 12.3 Å². The highest BCUT2D eigenvalue weighted by Gasteiger charge is 2.48. The van der Waals surface area contributed by atoms with Crippen LogP contribution in [0.2, 0.25) is 0 Å². The highest BCUT2D eigenvalue weighted by molar-refractivity contribution is 7.60. The normalized spacial score (nSPS) is 33.4. The van der Waals surface area contributed by atoms with Crippen LogP contribution in [0, 0.1) is 0 Å². The monoisotopic (exact) mass is 390 g/mol. The molecular formula is C9H16N2O11P2. The first-order chi connectivity index (χ1) is 11.0. The Bertz CT molecular complexity index is 606. The first kappa shape index (κ1) is 19.5. The van der Waals surface area contributed by atoms with Gasteiger partial charge in [-0.05, 0) is 6.08 Å². The molecule has 0 radical (unpaired) electrons. The molecule has 13 nitrogen and oxygen atoms in total. The van der Waals surface area contributed by atoms with Crippen LogP contribution in [0.15, 0.2) is 12.3 Å². The second kappa shape index (κ2) is 7.18. The van der Waals surface area contributed by atoms with E-state index >= 15 is 0 Å². The van der Waals surface area contributed by atoms with E-state index in [9.17, 15) is 24.1 Å². The number of amides is 2. The Hall–Kier alpha value is -0.850. The van der Waals surface area contributed by atoms with Crippen LogP contribution in [0.5, 0.6) is 0 Å². The lowest BCUT2D eigenvalue weighted by Gasteiger charge is -2.29. The van der Waals surface area contributed by atoms with Gasteiger partial charge in [0, 0.05) is 12.7 Å². The molecule has 0 aromatic rings. The smallest absolute Gasteiger partial charge is 0.387 e. The maximum Gasteiger partial charge on any atom is 0.481 e. The number of nitrogens with zero attached hydrogens (tertiary/aromatic N) is 1. The third-order valence-electron chi connectivity index (χ3n) is 3.09. The molecule has 24 heavy (non-hydrogen) atoms. The molecule has 6 N–H and O–H groups in total. The zero-order valence-corrected chi connectivity index (χ0v) is 13.7. The minimum Gasteiger partial charge on any atom is -0.387 e. The van der Waals surface area contributed by atoms with Gasteiger partial charge in [-0.15, -0.1) is 0 Å². The number of ether oxygens (including phenoxy) is 1. The summed E-state index contributed by atoms with van der Waals surface area (Å²) < 4.78 is 35.0. The van der Waals surface area contributed by atoms with E-state index in [1.54, 1.807) is 6.08 Å².